The van der Waals surface area contributed by atoms with Gasteiger partial charge in [-0.15, -0.1) is 0 Å². The first-order valence-electron chi connectivity index (χ1n) is 7.24. The molecule has 0 saturated heterocycles. The highest BCUT2D eigenvalue weighted by Crippen LogP contribution is 2.51. The molecule has 0 unspecified atom stereocenters. The van der Waals surface area contributed by atoms with Crippen LogP contribution in [0.1, 0.15) is 24.8 Å². The van der Waals surface area contributed by atoms with Crippen molar-refractivity contribution in [3.63, 3.8) is 0 Å². The second kappa shape index (κ2) is 7.20. The minimum Gasteiger partial charge on any atom is -0.497 e. The molecular weight excluding hydrogens is 300 g/mol. The molecule has 0 radical (unpaired) electrons. The lowest BCUT2D eigenvalue weighted by Crippen LogP contribution is -2.20. The zero-order chi connectivity index (χ0) is 16.9. The molecule has 1 aromatic carbocycles. The highest BCUT2D eigenvalue weighted by Gasteiger charge is 2.52. The molecular formula is C17H20O6. The third-order valence-corrected chi connectivity index (χ3v) is 4.00. The van der Waals surface area contributed by atoms with Gasteiger partial charge < -0.3 is 18.9 Å². The van der Waals surface area contributed by atoms with Crippen LogP contribution in [0.25, 0.3) is 0 Å². The van der Waals surface area contributed by atoms with E-state index in [2.05, 4.69) is 0 Å². The van der Waals surface area contributed by atoms with E-state index in [0.717, 1.165) is 5.56 Å². The number of allylic oxidation sites excluding steroid dienone is 1. The van der Waals surface area contributed by atoms with Crippen LogP contribution in [0.5, 0.6) is 11.5 Å². The van der Waals surface area contributed by atoms with Gasteiger partial charge in [-0.3, -0.25) is 4.79 Å². The van der Waals surface area contributed by atoms with Crippen LogP contribution in [0.4, 0.5) is 0 Å². The molecule has 0 atom stereocenters. The van der Waals surface area contributed by atoms with Crippen LogP contribution in [-0.2, 0) is 25.7 Å². The molecule has 0 heterocycles. The zero-order valence-electron chi connectivity index (χ0n) is 13.5. The Kier molecular flexibility index (Phi) is 5.29. The van der Waals surface area contributed by atoms with Gasteiger partial charge in [-0.25, -0.2) is 4.79 Å². The summed E-state index contributed by atoms with van der Waals surface area (Å²) in [6.45, 7) is 0.0981. The Morgan fingerprint density at radius 2 is 1.96 bits per heavy atom. The van der Waals surface area contributed by atoms with Crippen LogP contribution in [0.3, 0.4) is 0 Å². The first kappa shape index (κ1) is 16.9. The molecule has 0 bridgehead atoms. The third kappa shape index (κ3) is 3.85. The molecule has 1 aromatic rings. The van der Waals surface area contributed by atoms with Gasteiger partial charge >= 0.3 is 5.97 Å². The normalized spacial score (nSPS) is 14.4. The van der Waals surface area contributed by atoms with Crippen molar-refractivity contribution < 1.29 is 28.5 Å². The van der Waals surface area contributed by atoms with Gasteiger partial charge in [0.25, 0.3) is 0 Å². The van der Waals surface area contributed by atoms with Crippen molar-refractivity contribution in [1.29, 1.82) is 0 Å². The van der Waals surface area contributed by atoms with Crippen LogP contribution < -0.4 is 9.47 Å². The first-order valence-corrected chi connectivity index (χ1v) is 7.24. The van der Waals surface area contributed by atoms with E-state index in [0.29, 0.717) is 24.3 Å². The maximum atomic E-state index is 12.3. The molecule has 1 aliphatic carbocycles. The van der Waals surface area contributed by atoms with Crippen molar-refractivity contribution in [3.05, 3.63) is 29.5 Å². The summed E-state index contributed by atoms with van der Waals surface area (Å²) in [6.07, 6.45) is 1.59. The second-order valence-corrected chi connectivity index (χ2v) is 5.44. The number of hydrogen-bond acceptors (Lipinski definition) is 6. The molecule has 1 aliphatic rings. The topological polar surface area (TPSA) is 71.1 Å². The minimum atomic E-state index is -0.650. The summed E-state index contributed by atoms with van der Waals surface area (Å²) in [4.78, 5) is 23.0. The Bertz CT molecular complexity index is 626. The number of carbonyl (C=O) groups is 1. The quantitative estimate of drug-likeness (QED) is 0.416. The maximum absolute atomic E-state index is 12.3. The van der Waals surface area contributed by atoms with Crippen LogP contribution in [0, 0.1) is 5.41 Å². The first-order chi connectivity index (χ1) is 11.1. The molecule has 124 valence electrons. The molecule has 0 N–H and O–H groups in total. The van der Waals surface area contributed by atoms with Gasteiger partial charge in [0, 0.05) is 18.1 Å². The summed E-state index contributed by atoms with van der Waals surface area (Å²) >= 11 is 0. The van der Waals surface area contributed by atoms with Crippen molar-refractivity contribution >= 4 is 11.9 Å². The van der Waals surface area contributed by atoms with E-state index in [4.69, 9.17) is 18.9 Å². The fourth-order valence-corrected chi connectivity index (χ4v) is 2.33. The van der Waals surface area contributed by atoms with Gasteiger partial charge in [0.15, 0.2) is 11.7 Å². The number of hydrogen-bond donors (Lipinski definition) is 0. The summed E-state index contributed by atoms with van der Waals surface area (Å²) in [5.74, 6) is 2.77. The Morgan fingerprint density at radius 1 is 1.22 bits per heavy atom. The second-order valence-electron chi connectivity index (χ2n) is 5.44. The van der Waals surface area contributed by atoms with Crippen LogP contribution in [0.15, 0.2) is 24.0 Å². The lowest BCUT2D eigenvalue weighted by molar-refractivity contribution is -0.151. The molecule has 0 aromatic heterocycles. The van der Waals surface area contributed by atoms with E-state index in [1.807, 2.05) is 0 Å². The number of methoxy groups -OCH3 is 3. The van der Waals surface area contributed by atoms with Gasteiger partial charge in [0.1, 0.15) is 18.1 Å². The van der Waals surface area contributed by atoms with E-state index < -0.39 is 5.41 Å². The lowest BCUT2D eigenvalue weighted by Gasteiger charge is -2.15. The van der Waals surface area contributed by atoms with Gasteiger partial charge in [-0.1, -0.05) is 0 Å². The molecule has 0 aliphatic heterocycles. The molecule has 0 amide bonds. The molecule has 1 saturated carbocycles. The summed E-state index contributed by atoms with van der Waals surface area (Å²) < 4.78 is 20.7. The number of rotatable bonds is 8. The average molecular weight is 320 g/mol. The van der Waals surface area contributed by atoms with Gasteiger partial charge in [0.2, 0.25) is 0 Å². The van der Waals surface area contributed by atoms with E-state index in [-0.39, 0.29) is 24.8 Å². The molecule has 23 heavy (non-hydrogen) atoms. The summed E-state index contributed by atoms with van der Waals surface area (Å²) in [5, 5.41) is 0. The summed E-state index contributed by atoms with van der Waals surface area (Å²) in [6, 6.07) is 5.29. The Morgan fingerprint density at radius 3 is 2.48 bits per heavy atom. The van der Waals surface area contributed by atoms with Crippen molar-refractivity contribution in [1.82, 2.24) is 0 Å². The van der Waals surface area contributed by atoms with E-state index in [1.165, 1.54) is 7.11 Å². The molecule has 6 nitrogen and oxygen atoms in total. The molecule has 6 heteroatoms. The van der Waals surface area contributed by atoms with Crippen LogP contribution in [0.2, 0.25) is 0 Å². The SMILES string of the molecule is COC(=C=O)CC1(C(=O)OCc2ccc(OC)cc2OC)CC1. The Balaban J connectivity index is 2.01. The highest BCUT2D eigenvalue weighted by molar-refractivity contribution is 5.80. The number of benzene rings is 1. The fourth-order valence-electron chi connectivity index (χ4n) is 2.33. The number of carbonyl (C=O) groups excluding carboxylic acids is 2. The minimum absolute atomic E-state index is 0.0981. The van der Waals surface area contributed by atoms with Gasteiger partial charge in [-0.05, 0) is 25.0 Å². The Hall–Kier alpha value is -2.46. The zero-order valence-corrected chi connectivity index (χ0v) is 13.5. The van der Waals surface area contributed by atoms with Crippen molar-refractivity contribution in [3.8, 4) is 11.5 Å². The van der Waals surface area contributed by atoms with Crippen LogP contribution in [-0.4, -0.2) is 33.2 Å². The smallest absolute Gasteiger partial charge is 0.312 e. The molecule has 0 spiro atoms. The van der Waals surface area contributed by atoms with Gasteiger partial charge in [0.05, 0.1) is 26.7 Å². The van der Waals surface area contributed by atoms with E-state index >= 15 is 0 Å². The largest absolute Gasteiger partial charge is 0.497 e. The average Bonchev–Trinajstić information content (AvgIpc) is 3.38. The van der Waals surface area contributed by atoms with E-state index in [1.54, 1.807) is 38.4 Å². The predicted octanol–water partition coefficient (Wildman–Crippen LogP) is 2.28. The molecule has 2 rings (SSSR count). The number of ether oxygens (including phenoxy) is 4. The van der Waals surface area contributed by atoms with Gasteiger partial charge in [-0.2, -0.15) is 0 Å². The monoisotopic (exact) mass is 320 g/mol. The maximum Gasteiger partial charge on any atom is 0.312 e. The van der Waals surface area contributed by atoms with Crippen molar-refractivity contribution in [2.24, 2.45) is 5.41 Å². The fraction of sp³-hybridized carbons (Fsp3) is 0.471. The molecule has 1 fully saturated rings. The predicted molar refractivity (Wildman–Crippen MR) is 81.8 cm³/mol. The lowest BCUT2D eigenvalue weighted by atomic mass is 10.0. The van der Waals surface area contributed by atoms with E-state index in [9.17, 15) is 9.59 Å². The number of esters is 1. The van der Waals surface area contributed by atoms with Crippen molar-refractivity contribution in [2.75, 3.05) is 21.3 Å². The Labute approximate surface area is 135 Å². The van der Waals surface area contributed by atoms with Crippen LogP contribution >= 0.6 is 0 Å². The standard InChI is InChI=1S/C17H20O6/c1-20-13-5-4-12(15(8-13)22-3)11-23-16(19)17(6-7-17)9-14(10-18)21-2/h4-5,8H,6-7,9,11H2,1-3H3. The summed E-state index contributed by atoms with van der Waals surface area (Å²) in [5.41, 5.74) is 0.0954. The summed E-state index contributed by atoms with van der Waals surface area (Å²) in [7, 11) is 4.51. The van der Waals surface area contributed by atoms with Crippen molar-refractivity contribution in [2.45, 2.75) is 25.9 Å². The highest BCUT2D eigenvalue weighted by atomic mass is 16.5. The third-order valence-electron chi connectivity index (χ3n) is 4.00.